The molecule has 7 heteroatoms. The van der Waals surface area contributed by atoms with Crippen LogP contribution in [0.2, 0.25) is 0 Å². The minimum absolute atomic E-state index is 0.358. The fraction of sp³-hybridized carbons (Fsp3) is 0.500. The Bertz CT molecular complexity index is 682. The summed E-state index contributed by atoms with van der Waals surface area (Å²) in [5.41, 5.74) is 2.15. The first-order chi connectivity index (χ1) is 13.1. The zero-order chi connectivity index (χ0) is 19.5. The average Bonchev–Trinajstić information content (AvgIpc) is 3.14. The van der Waals surface area contributed by atoms with Crippen molar-refractivity contribution in [1.29, 1.82) is 0 Å². The predicted octanol–water partition coefficient (Wildman–Crippen LogP) is 3.50. The van der Waals surface area contributed by atoms with Gasteiger partial charge in [0.1, 0.15) is 5.75 Å². The van der Waals surface area contributed by atoms with Crippen molar-refractivity contribution in [2.45, 2.75) is 40.3 Å². The summed E-state index contributed by atoms with van der Waals surface area (Å²) in [5.74, 6) is 0.836. The third kappa shape index (κ3) is 7.56. The number of nitrogens with one attached hydrogen (secondary N) is 2. The molecule has 0 saturated heterocycles. The number of benzene rings is 1. The molecular formula is C20H31N5OS. The van der Waals surface area contributed by atoms with Crippen LogP contribution in [0.25, 0.3) is 0 Å². The van der Waals surface area contributed by atoms with Gasteiger partial charge in [0, 0.05) is 6.54 Å². The maximum absolute atomic E-state index is 5.75. The molecule has 0 amide bonds. The Labute approximate surface area is 167 Å². The van der Waals surface area contributed by atoms with Crippen LogP contribution < -0.4 is 15.4 Å². The minimum Gasteiger partial charge on any atom is -0.471 e. The van der Waals surface area contributed by atoms with Gasteiger partial charge in [0.05, 0.1) is 18.1 Å². The van der Waals surface area contributed by atoms with E-state index in [1.807, 2.05) is 18.3 Å². The smallest absolute Gasteiger partial charge is 0.180 e. The fourth-order valence-electron chi connectivity index (χ4n) is 2.68. The number of hydrogen-bond donors (Lipinski definition) is 2. The fourth-order valence-corrected chi connectivity index (χ4v) is 2.90. The topological polar surface area (TPSA) is 54.4 Å². The number of hydrogen-bond acceptors (Lipinski definition) is 4. The van der Waals surface area contributed by atoms with E-state index in [1.165, 1.54) is 5.56 Å². The molecule has 0 saturated carbocycles. The Morgan fingerprint density at radius 3 is 2.59 bits per heavy atom. The molecule has 0 radical (unpaired) electrons. The van der Waals surface area contributed by atoms with Crippen molar-refractivity contribution in [1.82, 2.24) is 20.0 Å². The van der Waals surface area contributed by atoms with Crippen molar-refractivity contribution in [3.05, 3.63) is 42.2 Å². The molecule has 2 rings (SSSR count). The van der Waals surface area contributed by atoms with E-state index in [4.69, 9.17) is 17.0 Å². The van der Waals surface area contributed by atoms with Gasteiger partial charge in [-0.3, -0.25) is 0 Å². The molecule has 0 unspecified atom stereocenters. The van der Waals surface area contributed by atoms with E-state index in [1.54, 1.807) is 10.9 Å². The van der Waals surface area contributed by atoms with Crippen LogP contribution >= 0.6 is 12.2 Å². The Kier molecular flexibility index (Phi) is 9.07. The van der Waals surface area contributed by atoms with Gasteiger partial charge < -0.3 is 20.3 Å². The number of rotatable bonds is 11. The van der Waals surface area contributed by atoms with Gasteiger partial charge in [-0.15, -0.1) is 0 Å². The van der Waals surface area contributed by atoms with Gasteiger partial charge in [-0.2, -0.15) is 5.10 Å². The van der Waals surface area contributed by atoms with E-state index in [0.717, 1.165) is 50.5 Å². The highest BCUT2D eigenvalue weighted by Crippen LogP contribution is 2.13. The molecule has 148 valence electrons. The SMILES string of the molecule is CCc1ccc(OCn2cc(NC(=S)NCCCN(CC)CC)cn2)cc1. The summed E-state index contributed by atoms with van der Waals surface area (Å²) in [7, 11) is 0. The first-order valence-corrected chi connectivity index (χ1v) is 10.1. The Balaban J connectivity index is 1.69. The second-order valence-corrected chi connectivity index (χ2v) is 6.71. The summed E-state index contributed by atoms with van der Waals surface area (Å²) in [5, 5.41) is 11.3. The van der Waals surface area contributed by atoms with Gasteiger partial charge in [0.15, 0.2) is 11.8 Å². The molecular weight excluding hydrogens is 358 g/mol. The van der Waals surface area contributed by atoms with Crippen molar-refractivity contribution in [2.75, 3.05) is 31.5 Å². The summed E-state index contributed by atoms with van der Waals surface area (Å²) in [4.78, 5) is 2.40. The lowest BCUT2D eigenvalue weighted by Gasteiger charge is -2.18. The standard InChI is InChI=1S/C20H31N5OS/c1-4-17-8-10-19(11-9-17)26-16-25-15-18(14-22-25)23-20(27)21-12-7-13-24(5-2)6-3/h8-11,14-15H,4-7,12-13,16H2,1-3H3,(H2,21,23,27). The monoisotopic (exact) mass is 389 g/mol. The number of thiocarbonyl (C=S) groups is 1. The quantitative estimate of drug-likeness (QED) is 0.453. The number of ether oxygens (including phenoxy) is 1. The molecule has 6 nitrogen and oxygen atoms in total. The van der Waals surface area contributed by atoms with Crippen molar-refractivity contribution >= 4 is 23.0 Å². The average molecular weight is 390 g/mol. The van der Waals surface area contributed by atoms with Crippen molar-refractivity contribution in [3.8, 4) is 5.75 Å². The van der Waals surface area contributed by atoms with E-state index in [9.17, 15) is 0 Å². The van der Waals surface area contributed by atoms with Crippen LogP contribution in [0.3, 0.4) is 0 Å². The van der Waals surface area contributed by atoms with Gasteiger partial charge >= 0.3 is 0 Å². The van der Waals surface area contributed by atoms with Crippen molar-refractivity contribution in [2.24, 2.45) is 0 Å². The summed E-state index contributed by atoms with van der Waals surface area (Å²) >= 11 is 5.34. The second-order valence-electron chi connectivity index (χ2n) is 6.30. The third-order valence-electron chi connectivity index (χ3n) is 4.42. The molecule has 0 fully saturated rings. The lowest BCUT2D eigenvalue weighted by atomic mass is 10.2. The summed E-state index contributed by atoms with van der Waals surface area (Å²) in [6.45, 7) is 11.0. The molecule has 1 aromatic carbocycles. The molecule has 0 bridgehead atoms. The van der Waals surface area contributed by atoms with E-state index in [0.29, 0.717) is 11.8 Å². The lowest BCUT2D eigenvalue weighted by molar-refractivity contribution is 0.221. The zero-order valence-corrected chi connectivity index (χ0v) is 17.4. The lowest BCUT2D eigenvalue weighted by Crippen LogP contribution is -2.32. The number of nitrogens with zero attached hydrogens (tertiary/aromatic N) is 3. The molecule has 0 aliphatic carbocycles. The van der Waals surface area contributed by atoms with Crippen LogP contribution in [0.15, 0.2) is 36.7 Å². The molecule has 27 heavy (non-hydrogen) atoms. The van der Waals surface area contributed by atoms with Gasteiger partial charge in [0.2, 0.25) is 0 Å². The van der Waals surface area contributed by atoms with Crippen molar-refractivity contribution < 1.29 is 4.74 Å². The van der Waals surface area contributed by atoms with E-state index in [2.05, 4.69) is 53.5 Å². The van der Waals surface area contributed by atoms with Crippen LogP contribution in [0.1, 0.15) is 32.8 Å². The Morgan fingerprint density at radius 1 is 1.19 bits per heavy atom. The van der Waals surface area contributed by atoms with E-state index < -0.39 is 0 Å². The molecule has 0 aliphatic heterocycles. The molecule has 1 aromatic heterocycles. The van der Waals surface area contributed by atoms with Gasteiger partial charge in [-0.1, -0.05) is 32.9 Å². The highest BCUT2D eigenvalue weighted by molar-refractivity contribution is 7.80. The Hall–Kier alpha value is -2.12. The maximum Gasteiger partial charge on any atom is 0.180 e. The highest BCUT2D eigenvalue weighted by Gasteiger charge is 2.03. The summed E-state index contributed by atoms with van der Waals surface area (Å²) < 4.78 is 7.49. The number of aromatic nitrogens is 2. The van der Waals surface area contributed by atoms with E-state index >= 15 is 0 Å². The van der Waals surface area contributed by atoms with Gasteiger partial charge in [-0.05, 0) is 62.4 Å². The van der Waals surface area contributed by atoms with Crippen molar-refractivity contribution in [3.63, 3.8) is 0 Å². The summed E-state index contributed by atoms with van der Waals surface area (Å²) in [6.07, 6.45) is 5.71. The zero-order valence-electron chi connectivity index (χ0n) is 16.6. The predicted molar refractivity (Wildman–Crippen MR) is 115 cm³/mol. The first-order valence-electron chi connectivity index (χ1n) is 9.66. The molecule has 1 heterocycles. The summed E-state index contributed by atoms with van der Waals surface area (Å²) in [6, 6.07) is 8.13. The highest BCUT2D eigenvalue weighted by atomic mass is 32.1. The number of aryl methyl sites for hydroxylation is 1. The van der Waals surface area contributed by atoms with Crippen LogP contribution in [-0.4, -0.2) is 46.0 Å². The van der Waals surface area contributed by atoms with Crippen LogP contribution in [0.5, 0.6) is 5.75 Å². The first kappa shape index (κ1) is 21.2. The minimum atomic E-state index is 0.358. The molecule has 2 N–H and O–H groups in total. The van der Waals surface area contributed by atoms with E-state index in [-0.39, 0.29) is 0 Å². The third-order valence-corrected chi connectivity index (χ3v) is 4.66. The number of anilines is 1. The van der Waals surface area contributed by atoms with Crippen LogP contribution in [0, 0.1) is 0 Å². The molecule has 0 spiro atoms. The second kappa shape index (κ2) is 11.6. The largest absolute Gasteiger partial charge is 0.471 e. The molecule has 2 aromatic rings. The maximum atomic E-state index is 5.75. The molecule has 0 atom stereocenters. The van der Waals surface area contributed by atoms with Crippen LogP contribution in [-0.2, 0) is 13.2 Å². The molecule has 0 aliphatic rings. The van der Waals surface area contributed by atoms with Crippen LogP contribution in [0.4, 0.5) is 5.69 Å². The normalized spacial score (nSPS) is 10.8. The Morgan fingerprint density at radius 2 is 1.93 bits per heavy atom. The van der Waals surface area contributed by atoms with Gasteiger partial charge in [0.25, 0.3) is 0 Å². The van der Waals surface area contributed by atoms with Gasteiger partial charge in [-0.25, -0.2) is 4.68 Å².